The van der Waals surface area contributed by atoms with E-state index in [0.717, 1.165) is 26.1 Å². The van der Waals surface area contributed by atoms with E-state index in [1.807, 2.05) is 13.8 Å². The molecule has 2 unspecified atom stereocenters. The average molecular weight is 330 g/mol. The maximum absolute atomic E-state index is 12.0. The van der Waals surface area contributed by atoms with Crippen molar-refractivity contribution in [3.05, 3.63) is 0 Å². The van der Waals surface area contributed by atoms with Gasteiger partial charge in [-0.25, -0.2) is 0 Å². The fourth-order valence-corrected chi connectivity index (χ4v) is 2.18. The van der Waals surface area contributed by atoms with Crippen LogP contribution in [-0.4, -0.2) is 56.2 Å². The standard InChI is InChI=1S/C13H27N3O2.2ClH/c1-10(11(2)14)12(17)15-9-13(16(3)4)5-7-18-8-6-13;;/h10-11H,5-9,14H2,1-4H3,(H,15,17);2*1H. The molecule has 0 aromatic heterocycles. The number of halogens is 2. The van der Waals surface area contributed by atoms with Gasteiger partial charge in [0.2, 0.25) is 5.91 Å². The monoisotopic (exact) mass is 329 g/mol. The lowest BCUT2D eigenvalue weighted by atomic mass is 9.88. The summed E-state index contributed by atoms with van der Waals surface area (Å²) in [6.45, 7) is 5.92. The van der Waals surface area contributed by atoms with E-state index in [4.69, 9.17) is 10.5 Å². The minimum Gasteiger partial charge on any atom is -0.381 e. The molecule has 5 nitrogen and oxygen atoms in total. The molecule has 0 aromatic carbocycles. The number of hydrogen-bond acceptors (Lipinski definition) is 4. The van der Waals surface area contributed by atoms with Crippen LogP contribution in [0.3, 0.4) is 0 Å². The smallest absolute Gasteiger partial charge is 0.224 e. The van der Waals surface area contributed by atoms with E-state index in [1.165, 1.54) is 0 Å². The Hall–Kier alpha value is -0.0700. The van der Waals surface area contributed by atoms with Crippen LogP contribution in [0, 0.1) is 5.92 Å². The second-order valence-corrected chi connectivity index (χ2v) is 5.60. The molecule has 1 aliphatic heterocycles. The molecule has 3 N–H and O–H groups in total. The van der Waals surface area contributed by atoms with Crippen molar-refractivity contribution in [2.75, 3.05) is 33.9 Å². The lowest BCUT2D eigenvalue weighted by Gasteiger charge is -2.43. The van der Waals surface area contributed by atoms with Gasteiger partial charge in [-0.1, -0.05) is 6.92 Å². The van der Waals surface area contributed by atoms with Crippen LogP contribution in [0.4, 0.5) is 0 Å². The van der Waals surface area contributed by atoms with Crippen LogP contribution in [-0.2, 0) is 9.53 Å². The first-order valence-electron chi connectivity index (χ1n) is 6.67. The van der Waals surface area contributed by atoms with Gasteiger partial charge in [0, 0.05) is 37.3 Å². The highest BCUT2D eigenvalue weighted by Crippen LogP contribution is 2.25. The maximum atomic E-state index is 12.0. The quantitative estimate of drug-likeness (QED) is 0.790. The van der Waals surface area contributed by atoms with Crippen molar-refractivity contribution in [2.24, 2.45) is 11.7 Å². The number of nitrogens with zero attached hydrogens (tertiary/aromatic N) is 1. The Morgan fingerprint density at radius 3 is 2.20 bits per heavy atom. The number of amides is 1. The number of nitrogens with one attached hydrogen (secondary N) is 1. The number of nitrogens with two attached hydrogens (primary N) is 1. The first-order valence-corrected chi connectivity index (χ1v) is 6.67. The molecule has 122 valence electrons. The zero-order chi connectivity index (χ0) is 13.8. The predicted octanol–water partition coefficient (Wildman–Crippen LogP) is 1.04. The molecule has 0 aliphatic carbocycles. The Bertz CT molecular complexity index is 283. The highest BCUT2D eigenvalue weighted by molar-refractivity contribution is 5.85. The summed E-state index contributed by atoms with van der Waals surface area (Å²) in [4.78, 5) is 14.2. The highest BCUT2D eigenvalue weighted by Gasteiger charge is 2.35. The molecule has 0 aromatic rings. The largest absolute Gasteiger partial charge is 0.381 e. The van der Waals surface area contributed by atoms with E-state index in [2.05, 4.69) is 24.3 Å². The summed E-state index contributed by atoms with van der Waals surface area (Å²) in [7, 11) is 4.12. The van der Waals surface area contributed by atoms with E-state index < -0.39 is 0 Å². The zero-order valence-corrected chi connectivity index (χ0v) is 14.5. The number of ether oxygens (including phenoxy) is 1. The van der Waals surface area contributed by atoms with Crippen molar-refractivity contribution < 1.29 is 9.53 Å². The fraction of sp³-hybridized carbons (Fsp3) is 0.923. The van der Waals surface area contributed by atoms with Crippen LogP contribution in [0.1, 0.15) is 26.7 Å². The third-order valence-electron chi connectivity index (χ3n) is 4.17. The van der Waals surface area contributed by atoms with Crippen molar-refractivity contribution in [3.63, 3.8) is 0 Å². The molecule has 20 heavy (non-hydrogen) atoms. The van der Waals surface area contributed by atoms with Crippen LogP contribution in [0.2, 0.25) is 0 Å². The van der Waals surface area contributed by atoms with Crippen LogP contribution in [0.15, 0.2) is 0 Å². The maximum Gasteiger partial charge on any atom is 0.224 e. The Labute approximate surface area is 134 Å². The van der Waals surface area contributed by atoms with Gasteiger partial charge < -0.3 is 20.7 Å². The molecule has 0 saturated carbocycles. The molecule has 1 heterocycles. The first-order chi connectivity index (χ1) is 8.39. The topological polar surface area (TPSA) is 67.6 Å². The molecule has 1 rings (SSSR count). The lowest BCUT2D eigenvalue weighted by molar-refractivity contribution is -0.126. The molecule has 7 heteroatoms. The van der Waals surface area contributed by atoms with Crippen LogP contribution < -0.4 is 11.1 Å². The predicted molar refractivity (Wildman–Crippen MR) is 86.8 cm³/mol. The number of hydrogen-bond donors (Lipinski definition) is 2. The van der Waals surface area contributed by atoms with Crippen molar-refractivity contribution in [1.29, 1.82) is 0 Å². The summed E-state index contributed by atoms with van der Waals surface area (Å²) in [6.07, 6.45) is 1.90. The SMILES string of the molecule is CC(N)C(C)C(=O)NCC1(N(C)C)CCOCC1.Cl.Cl. The Kier molecular flexibility index (Phi) is 10.9. The molecule has 2 atom stereocenters. The summed E-state index contributed by atoms with van der Waals surface area (Å²) in [5.74, 6) is -0.109. The molecule has 1 saturated heterocycles. The van der Waals surface area contributed by atoms with Gasteiger partial charge in [-0.15, -0.1) is 24.8 Å². The zero-order valence-electron chi connectivity index (χ0n) is 12.8. The van der Waals surface area contributed by atoms with E-state index in [-0.39, 0.29) is 48.2 Å². The second kappa shape index (κ2) is 9.79. The first kappa shape index (κ1) is 22.2. The van der Waals surface area contributed by atoms with Gasteiger partial charge >= 0.3 is 0 Å². The molecular weight excluding hydrogens is 301 g/mol. The third-order valence-corrected chi connectivity index (χ3v) is 4.17. The highest BCUT2D eigenvalue weighted by atomic mass is 35.5. The van der Waals surface area contributed by atoms with E-state index in [9.17, 15) is 4.79 Å². The Morgan fingerprint density at radius 2 is 1.80 bits per heavy atom. The van der Waals surface area contributed by atoms with Gasteiger partial charge in [-0.2, -0.15) is 0 Å². The molecule has 0 radical (unpaired) electrons. The number of likely N-dealkylation sites (N-methyl/N-ethyl adjacent to an activating group) is 1. The van der Waals surface area contributed by atoms with Crippen molar-refractivity contribution in [3.8, 4) is 0 Å². The summed E-state index contributed by atoms with van der Waals surface area (Å²) < 4.78 is 5.41. The van der Waals surface area contributed by atoms with Crippen LogP contribution >= 0.6 is 24.8 Å². The number of carbonyl (C=O) groups excluding carboxylic acids is 1. The summed E-state index contributed by atoms with van der Waals surface area (Å²) >= 11 is 0. The molecular formula is C13H29Cl2N3O2. The van der Waals surface area contributed by atoms with E-state index in [1.54, 1.807) is 0 Å². The molecule has 1 amide bonds. The Morgan fingerprint density at radius 1 is 1.30 bits per heavy atom. The van der Waals surface area contributed by atoms with E-state index >= 15 is 0 Å². The Balaban J connectivity index is 0. The normalized spacial score (nSPS) is 20.3. The second-order valence-electron chi connectivity index (χ2n) is 5.60. The minimum atomic E-state index is -0.149. The van der Waals surface area contributed by atoms with Gasteiger partial charge in [0.15, 0.2) is 0 Å². The number of carbonyl (C=O) groups is 1. The third kappa shape index (κ3) is 5.74. The van der Waals surface area contributed by atoms with Gasteiger partial charge in [-0.3, -0.25) is 4.79 Å². The molecule has 1 aliphatic rings. The lowest BCUT2D eigenvalue weighted by Crippen LogP contribution is -2.56. The summed E-state index contributed by atoms with van der Waals surface area (Å²) in [5.41, 5.74) is 5.77. The molecule has 1 fully saturated rings. The fourth-order valence-electron chi connectivity index (χ4n) is 2.18. The van der Waals surface area contributed by atoms with Crippen molar-refractivity contribution >= 4 is 30.7 Å². The van der Waals surface area contributed by atoms with Crippen LogP contribution in [0.25, 0.3) is 0 Å². The van der Waals surface area contributed by atoms with E-state index in [0.29, 0.717) is 6.54 Å². The van der Waals surface area contributed by atoms with Crippen molar-refractivity contribution in [1.82, 2.24) is 10.2 Å². The average Bonchev–Trinajstić information content (AvgIpc) is 2.35. The minimum absolute atomic E-state index is 0. The van der Waals surface area contributed by atoms with Crippen molar-refractivity contribution in [2.45, 2.75) is 38.3 Å². The molecule has 0 spiro atoms. The summed E-state index contributed by atoms with van der Waals surface area (Å²) in [5, 5.41) is 3.04. The van der Waals surface area contributed by atoms with Gasteiger partial charge in [0.25, 0.3) is 0 Å². The van der Waals surface area contributed by atoms with Crippen LogP contribution in [0.5, 0.6) is 0 Å². The van der Waals surface area contributed by atoms with Gasteiger partial charge in [0.1, 0.15) is 0 Å². The summed E-state index contributed by atoms with van der Waals surface area (Å²) in [6, 6.07) is -0.116. The van der Waals surface area contributed by atoms with Gasteiger partial charge in [-0.05, 0) is 33.9 Å². The number of rotatable bonds is 5. The van der Waals surface area contributed by atoms with Gasteiger partial charge in [0.05, 0.1) is 0 Å². The molecule has 0 bridgehead atoms.